The number of amides is 1. The van der Waals surface area contributed by atoms with Gasteiger partial charge in [0, 0.05) is 46.0 Å². The number of hydrogen-bond acceptors (Lipinski definition) is 5. The summed E-state index contributed by atoms with van der Waals surface area (Å²) in [4.78, 5) is 28.8. The van der Waals surface area contributed by atoms with Gasteiger partial charge in [0.25, 0.3) is 0 Å². The maximum absolute atomic E-state index is 12.9. The van der Waals surface area contributed by atoms with Crippen molar-refractivity contribution in [2.45, 2.75) is 18.7 Å². The van der Waals surface area contributed by atoms with Gasteiger partial charge in [-0.2, -0.15) is 0 Å². The van der Waals surface area contributed by atoms with E-state index in [1.807, 2.05) is 6.07 Å². The number of aryl methyl sites for hydroxylation is 3. The van der Waals surface area contributed by atoms with E-state index < -0.39 is 21.5 Å². The first-order valence-electron chi connectivity index (χ1n) is 10.6. The summed E-state index contributed by atoms with van der Waals surface area (Å²) in [6.45, 7) is 6.45. The van der Waals surface area contributed by atoms with E-state index in [1.54, 1.807) is 25.1 Å². The topological polar surface area (TPSA) is 84.6 Å². The number of fused-ring (bicyclic) bond motifs is 1. The van der Waals surface area contributed by atoms with E-state index in [1.165, 1.54) is 32.4 Å². The molecule has 1 aliphatic heterocycles. The van der Waals surface area contributed by atoms with Crippen LogP contribution in [0.1, 0.15) is 11.1 Å². The van der Waals surface area contributed by atoms with Crippen LogP contribution in [-0.4, -0.2) is 60.3 Å². The second-order valence-corrected chi connectivity index (χ2v) is 10.4. The molecule has 0 bridgehead atoms. The van der Waals surface area contributed by atoms with E-state index in [0.29, 0.717) is 37.2 Å². The molecule has 4 rings (SSSR count). The lowest BCUT2D eigenvalue weighted by atomic mass is 10.1. The Bertz CT molecular complexity index is 1360. The Morgan fingerprint density at radius 1 is 0.938 bits per heavy atom. The van der Waals surface area contributed by atoms with Crippen molar-refractivity contribution in [1.82, 2.24) is 14.0 Å². The van der Waals surface area contributed by atoms with E-state index in [0.717, 1.165) is 5.69 Å². The molecular weight excluding hydrogens is 428 g/mol. The van der Waals surface area contributed by atoms with Gasteiger partial charge in [0.05, 0.1) is 15.9 Å². The number of rotatable bonds is 4. The third-order valence-electron chi connectivity index (χ3n) is 6.47. The van der Waals surface area contributed by atoms with Crippen molar-refractivity contribution in [3.63, 3.8) is 0 Å². The molecule has 0 spiro atoms. The fraction of sp³-hybridized carbons (Fsp3) is 0.391. The summed E-state index contributed by atoms with van der Waals surface area (Å²) in [6, 6.07) is 10.7. The first-order valence-corrected chi connectivity index (χ1v) is 12.2. The van der Waals surface area contributed by atoms with Crippen LogP contribution in [0.4, 0.5) is 5.69 Å². The van der Waals surface area contributed by atoms with Gasteiger partial charge in [0.2, 0.25) is 5.91 Å². The minimum atomic E-state index is -3.83. The van der Waals surface area contributed by atoms with Gasteiger partial charge in [0.15, 0.2) is 9.84 Å². The number of hydrogen-bond donors (Lipinski definition) is 0. The largest absolute Gasteiger partial charge is 0.368 e. The summed E-state index contributed by atoms with van der Waals surface area (Å²) in [7, 11) is -0.590. The number of imidazole rings is 1. The Morgan fingerprint density at radius 2 is 1.59 bits per heavy atom. The number of carbonyl (C=O) groups is 1. The molecule has 2 aromatic carbocycles. The zero-order valence-corrected chi connectivity index (χ0v) is 19.6. The Kier molecular flexibility index (Phi) is 5.62. The van der Waals surface area contributed by atoms with E-state index in [2.05, 4.69) is 30.9 Å². The van der Waals surface area contributed by atoms with Crippen LogP contribution in [0.2, 0.25) is 0 Å². The van der Waals surface area contributed by atoms with Crippen molar-refractivity contribution in [3.8, 4) is 0 Å². The van der Waals surface area contributed by atoms with Gasteiger partial charge >= 0.3 is 5.69 Å². The second-order valence-electron chi connectivity index (χ2n) is 8.40. The van der Waals surface area contributed by atoms with E-state index >= 15 is 0 Å². The molecule has 1 amide bonds. The van der Waals surface area contributed by atoms with Crippen molar-refractivity contribution in [1.29, 1.82) is 0 Å². The molecule has 1 saturated heterocycles. The molecule has 0 aliphatic carbocycles. The predicted octanol–water partition coefficient (Wildman–Crippen LogP) is 1.62. The summed E-state index contributed by atoms with van der Waals surface area (Å²) in [5.41, 5.74) is 4.54. The number of carbonyl (C=O) groups excluding carboxylic acids is 1. The lowest BCUT2D eigenvalue weighted by Gasteiger charge is -2.37. The predicted molar refractivity (Wildman–Crippen MR) is 125 cm³/mol. The summed E-state index contributed by atoms with van der Waals surface area (Å²) in [5.74, 6) is -0.976. The summed E-state index contributed by atoms with van der Waals surface area (Å²) < 4.78 is 28.8. The molecule has 0 N–H and O–H groups in total. The number of nitrogens with zero attached hydrogens (tertiary/aromatic N) is 4. The molecule has 8 nitrogen and oxygen atoms in total. The highest BCUT2D eigenvalue weighted by molar-refractivity contribution is 7.92. The zero-order chi connectivity index (χ0) is 23.2. The molecule has 2 heterocycles. The van der Waals surface area contributed by atoms with Crippen molar-refractivity contribution >= 4 is 32.5 Å². The van der Waals surface area contributed by atoms with Crippen molar-refractivity contribution in [2.75, 3.05) is 36.8 Å². The Balaban J connectivity index is 1.47. The molecule has 0 radical (unpaired) electrons. The van der Waals surface area contributed by atoms with Gasteiger partial charge in [-0.05, 0) is 49.2 Å². The summed E-state index contributed by atoms with van der Waals surface area (Å²) >= 11 is 0. The van der Waals surface area contributed by atoms with Gasteiger partial charge in [-0.3, -0.25) is 13.9 Å². The highest BCUT2D eigenvalue weighted by atomic mass is 32.2. The highest BCUT2D eigenvalue weighted by Gasteiger charge is 2.27. The van der Waals surface area contributed by atoms with Crippen molar-refractivity contribution in [3.05, 3.63) is 58.0 Å². The fourth-order valence-electron chi connectivity index (χ4n) is 4.29. The average Bonchev–Trinajstić information content (AvgIpc) is 2.99. The molecule has 1 aromatic heterocycles. The van der Waals surface area contributed by atoms with Crippen LogP contribution >= 0.6 is 0 Å². The van der Waals surface area contributed by atoms with Crippen LogP contribution in [0.25, 0.3) is 11.0 Å². The van der Waals surface area contributed by atoms with Gasteiger partial charge in [-0.25, -0.2) is 13.2 Å². The molecule has 0 atom stereocenters. The molecule has 1 aliphatic rings. The monoisotopic (exact) mass is 456 g/mol. The minimum absolute atomic E-state index is 0.0496. The third-order valence-corrected chi connectivity index (χ3v) is 8.06. The summed E-state index contributed by atoms with van der Waals surface area (Å²) in [5, 5.41) is 0. The minimum Gasteiger partial charge on any atom is -0.368 e. The number of aromatic nitrogens is 2. The maximum Gasteiger partial charge on any atom is 0.328 e. The number of piperazine rings is 1. The van der Waals surface area contributed by atoms with E-state index in [-0.39, 0.29) is 10.6 Å². The lowest BCUT2D eigenvalue weighted by Crippen LogP contribution is -2.50. The Morgan fingerprint density at radius 3 is 2.28 bits per heavy atom. The fourth-order valence-corrected chi connectivity index (χ4v) is 5.53. The number of sulfone groups is 1. The third kappa shape index (κ3) is 3.81. The standard InChI is InChI=1S/C23H28N4O4S/c1-16-6-5-7-19(17(16)2)26-10-12-27(13-11-26)22(28)15-32(30,31)18-8-9-20-21(14-18)25(4)23(29)24(20)3/h5-9,14H,10-13,15H2,1-4H3. The zero-order valence-electron chi connectivity index (χ0n) is 18.8. The molecule has 9 heteroatoms. The SMILES string of the molecule is Cc1cccc(N2CCN(C(=O)CS(=O)(=O)c3ccc4c(c3)n(C)c(=O)n4C)CC2)c1C. The average molecular weight is 457 g/mol. The lowest BCUT2D eigenvalue weighted by molar-refractivity contribution is -0.128. The van der Waals surface area contributed by atoms with Crippen LogP contribution < -0.4 is 10.6 Å². The van der Waals surface area contributed by atoms with Gasteiger partial charge in [0.1, 0.15) is 5.75 Å². The highest BCUT2D eigenvalue weighted by Crippen LogP contribution is 2.24. The Hall–Kier alpha value is -3.07. The smallest absolute Gasteiger partial charge is 0.328 e. The van der Waals surface area contributed by atoms with Crippen LogP contribution in [0, 0.1) is 13.8 Å². The van der Waals surface area contributed by atoms with Crippen molar-refractivity contribution < 1.29 is 13.2 Å². The normalized spacial score (nSPS) is 14.9. The number of benzene rings is 2. The molecule has 32 heavy (non-hydrogen) atoms. The molecular formula is C23H28N4O4S. The van der Waals surface area contributed by atoms with Crippen molar-refractivity contribution in [2.24, 2.45) is 14.1 Å². The van der Waals surface area contributed by atoms with Gasteiger partial charge < -0.3 is 9.80 Å². The van der Waals surface area contributed by atoms with Gasteiger partial charge in [-0.15, -0.1) is 0 Å². The van der Waals surface area contributed by atoms with Crippen LogP contribution in [0.15, 0.2) is 46.1 Å². The first kappa shape index (κ1) is 22.1. The van der Waals surface area contributed by atoms with Crippen LogP contribution in [0.3, 0.4) is 0 Å². The first-order chi connectivity index (χ1) is 15.1. The van der Waals surface area contributed by atoms with Crippen LogP contribution in [-0.2, 0) is 28.7 Å². The molecule has 170 valence electrons. The maximum atomic E-state index is 12.9. The quantitative estimate of drug-likeness (QED) is 0.596. The summed E-state index contributed by atoms with van der Waals surface area (Å²) in [6.07, 6.45) is 0. The molecule has 0 saturated carbocycles. The van der Waals surface area contributed by atoms with E-state index in [9.17, 15) is 18.0 Å². The molecule has 3 aromatic rings. The van der Waals surface area contributed by atoms with Crippen LogP contribution in [0.5, 0.6) is 0 Å². The number of anilines is 1. The second kappa shape index (κ2) is 8.12. The molecule has 0 unspecified atom stereocenters. The van der Waals surface area contributed by atoms with E-state index in [4.69, 9.17) is 0 Å². The Labute approximate surface area is 187 Å². The van der Waals surface area contributed by atoms with Gasteiger partial charge in [-0.1, -0.05) is 12.1 Å². The molecule has 1 fully saturated rings.